The lowest BCUT2D eigenvalue weighted by Crippen LogP contribution is -2.27. The van der Waals surface area contributed by atoms with Crippen LogP contribution in [0.15, 0.2) is 24.3 Å². The van der Waals surface area contributed by atoms with E-state index in [2.05, 4.69) is 22.4 Å². The Morgan fingerprint density at radius 2 is 2.00 bits per heavy atom. The molecule has 0 saturated heterocycles. The molecule has 0 radical (unpaired) electrons. The van der Waals surface area contributed by atoms with Gasteiger partial charge in [0.2, 0.25) is 5.91 Å². The highest BCUT2D eigenvalue weighted by molar-refractivity contribution is 7.71. The van der Waals surface area contributed by atoms with Gasteiger partial charge in [0.25, 0.3) is 0 Å². The molecule has 0 aliphatic heterocycles. The zero-order chi connectivity index (χ0) is 18.2. The number of hydrogen-bond donors (Lipinski definition) is 2. The molecule has 7 heteroatoms. The zero-order valence-electron chi connectivity index (χ0n) is 15.0. The monoisotopic (exact) mass is 362 g/mol. The molecular formula is C18H26N4O2S. The normalized spacial score (nSPS) is 11.0. The van der Waals surface area contributed by atoms with Crippen molar-refractivity contribution in [3.8, 4) is 0 Å². The van der Waals surface area contributed by atoms with E-state index >= 15 is 0 Å². The van der Waals surface area contributed by atoms with Crippen LogP contribution in [0.25, 0.3) is 0 Å². The molecule has 0 aliphatic carbocycles. The third-order valence-corrected chi connectivity index (χ3v) is 4.02. The predicted molar refractivity (Wildman–Crippen MR) is 99.6 cm³/mol. The van der Waals surface area contributed by atoms with E-state index in [-0.39, 0.29) is 18.6 Å². The smallest absolute Gasteiger partial charge is 0.240 e. The van der Waals surface area contributed by atoms with Crippen LogP contribution in [0, 0.1) is 4.77 Å². The minimum Gasteiger partial charge on any atom is -0.374 e. The number of benzene rings is 1. The van der Waals surface area contributed by atoms with Crippen LogP contribution in [0.1, 0.15) is 44.1 Å². The Bertz CT molecular complexity index is 734. The molecule has 1 aromatic heterocycles. The van der Waals surface area contributed by atoms with E-state index < -0.39 is 0 Å². The number of H-pyrrole nitrogens is 1. The van der Waals surface area contributed by atoms with Crippen LogP contribution in [0.4, 0.5) is 0 Å². The Labute approximate surface area is 153 Å². The minimum atomic E-state index is -0.0814. The van der Waals surface area contributed by atoms with Crippen molar-refractivity contribution in [1.82, 2.24) is 20.1 Å². The minimum absolute atomic E-state index is 0.0814. The van der Waals surface area contributed by atoms with Crippen LogP contribution in [-0.2, 0) is 35.6 Å². The van der Waals surface area contributed by atoms with Crippen molar-refractivity contribution < 1.29 is 9.53 Å². The Kier molecular flexibility index (Phi) is 7.33. The van der Waals surface area contributed by atoms with Gasteiger partial charge in [-0.3, -0.25) is 14.5 Å². The standard InChI is InChI=1S/C18H26N4O2S/c1-4-5-16-20-21-18(25)22(16)11-17(23)19-10-14-6-8-15(9-7-14)12-24-13(2)3/h6-9,13H,4-5,10-12H2,1-3H3,(H,19,23)(H,21,25). The molecule has 1 amide bonds. The second-order valence-electron chi connectivity index (χ2n) is 6.23. The molecular weight excluding hydrogens is 336 g/mol. The van der Waals surface area contributed by atoms with E-state index in [9.17, 15) is 4.79 Å². The van der Waals surface area contributed by atoms with Gasteiger partial charge in [-0.05, 0) is 43.6 Å². The van der Waals surface area contributed by atoms with Crippen LogP contribution in [0.3, 0.4) is 0 Å². The number of aromatic amines is 1. The first-order valence-corrected chi connectivity index (χ1v) is 9.00. The molecule has 25 heavy (non-hydrogen) atoms. The number of rotatable bonds is 9. The van der Waals surface area contributed by atoms with Crippen molar-refractivity contribution in [2.75, 3.05) is 0 Å². The molecule has 0 atom stereocenters. The number of nitrogens with zero attached hydrogens (tertiary/aromatic N) is 2. The maximum Gasteiger partial charge on any atom is 0.240 e. The van der Waals surface area contributed by atoms with E-state index in [1.165, 1.54) is 0 Å². The van der Waals surface area contributed by atoms with Crippen LogP contribution >= 0.6 is 12.2 Å². The molecule has 1 heterocycles. The van der Waals surface area contributed by atoms with Gasteiger partial charge in [0.05, 0.1) is 12.7 Å². The van der Waals surface area contributed by atoms with Gasteiger partial charge in [0.1, 0.15) is 12.4 Å². The molecule has 1 aromatic carbocycles. The van der Waals surface area contributed by atoms with E-state index in [1.807, 2.05) is 38.1 Å². The molecule has 0 fully saturated rings. The van der Waals surface area contributed by atoms with E-state index in [4.69, 9.17) is 17.0 Å². The number of carbonyl (C=O) groups excluding carboxylic acids is 1. The SMILES string of the molecule is CCCc1n[nH]c(=S)n1CC(=O)NCc1ccc(COC(C)C)cc1. The summed E-state index contributed by atoms with van der Waals surface area (Å²) >= 11 is 5.19. The van der Waals surface area contributed by atoms with Crippen LogP contribution < -0.4 is 5.32 Å². The Hall–Kier alpha value is -1.99. The first-order valence-electron chi connectivity index (χ1n) is 8.59. The lowest BCUT2D eigenvalue weighted by atomic mass is 10.1. The summed E-state index contributed by atoms with van der Waals surface area (Å²) in [5, 5.41) is 9.85. The molecule has 0 aliphatic rings. The van der Waals surface area contributed by atoms with E-state index in [0.717, 1.165) is 29.8 Å². The summed E-state index contributed by atoms with van der Waals surface area (Å²) in [5.74, 6) is 0.735. The average Bonchev–Trinajstić information content (AvgIpc) is 2.93. The molecule has 0 saturated carbocycles. The van der Waals surface area contributed by atoms with E-state index in [1.54, 1.807) is 4.57 Å². The van der Waals surface area contributed by atoms with Gasteiger partial charge >= 0.3 is 0 Å². The summed E-state index contributed by atoms with van der Waals surface area (Å²) in [5.41, 5.74) is 2.17. The quantitative estimate of drug-likeness (QED) is 0.672. The first kappa shape index (κ1) is 19.3. The van der Waals surface area contributed by atoms with Gasteiger partial charge in [-0.25, -0.2) is 0 Å². The second kappa shape index (κ2) is 9.48. The summed E-state index contributed by atoms with van der Waals surface area (Å²) < 4.78 is 7.81. The maximum absolute atomic E-state index is 12.2. The van der Waals surface area contributed by atoms with Crippen molar-refractivity contribution in [3.05, 3.63) is 46.0 Å². The highest BCUT2D eigenvalue weighted by Crippen LogP contribution is 2.07. The number of carbonyl (C=O) groups is 1. The molecule has 2 rings (SSSR count). The molecule has 0 bridgehead atoms. The molecule has 6 nitrogen and oxygen atoms in total. The van der Waals surface area contributed by atoms with Crippen molar-refractivity contribution in [2.24, 2.45) is 0 Å². The molecule has 0 unspecified atom stereocenters. The van der Waals surface area contributed by atoms with Crippen LogP contribution in [0.2, 0.25) is 0 Å². The van der Waals surface area contributed by atoms with Gasteiger partial charge < -0.3 is 10.1 Å². The third-order valence-electron chi connectivity index (χ3n) is 3.71. The Balaban J connectivity index is 1.86. The summed E-state index contributed by atoms with van der Waals surface area (Å²) in [4.78, 5) is 12.2. The highest BCUT2D eigenvalue weighted by Gasteiger charge is 2.09. The van der Waals surface area contributed by atoms with Gasteiger partial charge in [-0.15, -0.1) is 0 Å². The van der Waals surface area contributed by atoms with E-state index in [0.29, 0.717) is 17.9 Å². The van der Waals surface area contributed by atoms with Crippen molar-refractivity contribution in [2.45, 2.75) is 59.4 Å². The number of aromatic nitrogens is 3. The lowest BCUT2D eigenvalue weighted by molar-refractivity contribution is -0.121. The number of aryl methyl sites for hydroxylation is 1. The van der Waals surface area contributed by atoms with Crippen LogP contribution in [-0.4, -0.2) is 26.8 Å². The van der Waals surface area contributed by atoms with Gasteiger partial charge in [-0.1, -0.05) is 31.2 Å². The number of ether oxygens (including phenoxy) is 1. The Morgan fingerprint density at radius 3 is 2.64 bits per heavy atom. The topological polar surface area (TPSA) is 71.9 Å². The number of nitrogens with one attached hydrogen (secondary N) is 2. The fourth-order valence-electron chi connectivity index (χ4n) is 2.34. The Morgan fingerprint density at radius 1 is 1.32 bits per heavy atom. The fraction of sp³-hybridized carbons (Fsp3) is 0.500. The van der Waals surface area contributed by atoms with Crippen molar-refractivity contribution >= 4 is 18.1 Å². The zero-order valence-corrected chi connectivity index (χ0v) is 15.9. The maximum atomic E-state index is 12.2. The average molecular weight is 362 g/mol. The summed E-state index contributed by atoms with van der Waals surface area (Å²) in [6.45, 7) is 7.37. The highest BCUT2D eigenvalue weighted by atomic mass is 32.1. The molecule has 2 N–H and O–H groups in total. The van der Waals surface area contributed by atoms with Gasteiger partial charge in [0.15, 0.2) is 4.77 Å². The summed E-state index contributed by atoms with van der Waals surface area (Å²) in [7, 11) is 0. The van der Waals surface area contributed by atoms with Gasteiger partial charge in [-0.2, -0.15) is 5.10 Å². The first-order chi connectivity index (χ1) is 12.0. The largest absolute Gasteiger partial charge is 0.374 e. The van der Waals surface area contributed by atoms with Crippen molar-refractivity contribution in [3.63, 3.8) is 0 Å². The second-order valence-corrected chi connectivity index (χ2v) is 6.62. The number of amides is 1. The molecule has 0 spiro atoms. The molecule has 2 aromatic rings. The van der Waals surface area contributed by atoms with Crippen molar-refractivity contribution in [1.29, 1.82) is 0 Å². The fourth-order valence-corrected chi connectivity index (χ4v) is 2.56. The third kappa shape index (κ3) is 6.10. The van der Waals surface area contributed by atoms with Gasteiger partial charge in [0, 0.05) is 13.0 Å². The summed E-state index contributed by atoms with van der Waals surface area (Å²) in [6, 6.07) is 8.06. The molecule has 136 valence electrons. The summed E-state index contributed by atoms with van der Waals surface area (Å²) in [6.07, 6.45) is 1.96. The lowest BCUT2D eigenvalue weighted by Gasteiger charge is -2.10. The predicted octanol–water partition coefficient (Wildman–Crippen LogP) is 3.13. The van der Waals surface area contributed by atoms with Crippen LogP contribution in [0.5, 0.6) is 0 Å². The number of hydrogen-bond acceptors (Lipinski definition) is 4.